The highest BCUT2D eigenvalue weighted by molar-refractivity contribution is 5.86. The maximum Gasteiger partial charge on any atom is 0.326 e. The Morgan fingerprint density at radius 3 is 2.72 bits per heavy atom. The van der Waals surface area contributed by atoms with Crippen molar-refractivity contribution in [3.05, 3.63) is 0 Å². The van der Waals surface area contributed by atoms with E-state index in [2.05, 4.69) is 0 Å². The van der Waals surface area contributed by atoms with Gasteiger partial charge in [0.15, 0.2) is 0 Å². The van der Waals surface area contributed by atoms with Gasteiger partial charge in [-0.1, -0.05) is 13.8 Å². The lowest BCUT2D eigenvalue weighted by molar-refractivity contribution is -0.151. The molecule has 2 aliphatic rings. The lowest BCUT2D eigenvalue weighted by Crippen LogP contribution is -2.46. The zero-order chi connectivity index (χ0) is 13.3. The third-order valence-corrected chi connectivity index (χ3v) is 4.17. The molecule has 0 saturated carbocycles. The Labute approximate surface area is 107 Å². The molecule has 0 aromatic carbocycles. The molecule has 0 aliphatic carbocycles. The van der Waals surface area contributed by atoms with E-state index in [4.69, 9.17) is 4.74 Å². The van der Waals surface area contributed by atoms with Gasteiger partial charge >= 0.3 is 5.97 Å². The second-order valence-electron chi connectivity index (χ2n) is 5.29. The third-order valence-electron chi connectivity index (χ3n) is 4.17. The van der Waals surface area contributed by atoms with Gasteiger partial charge in [0.25, 0.3) is 0 Å². The molecule has 0 spiro atoms. The molecule has 2 heterocycles. The van der Waals surface area contributed by atoms with E-state index in [9.17, 15) is 14.7 Å². The van der Waals surface area contributed by atoms with Gasteiger partial charge in [0.1, 0.15) is 6.04 Å². The minimum absolute atomic E-state index is 0.0314. The van der Waals surface area contributed by atoms with Crippen molar-refractivity contribution in [3.63, 3.8) is 0 Å². The number of hydrogen-bond donors (Lipinski definition) is 1. The number of carboxylic acid groups (broad SMARTS) is 1. The smallest absolute Gasteiger partial charge is 0.326 e. The van der Waals surface area contributed by atoms with Crippen LogP contribution in [0.2, 0.25) is 0 Å². The molecule has 4 atom stereocenters. The zero-order valence-electron chi connectivity index (χ0n) is 11.0. The van der Waals surface area contributed by atoms with Gasteiger partial charge in [-0.05, 0) is 25.2 Å². The van der Waals surface area contributed by atoms with Gasteiger partial charge in [-0.2, -0.15) is 0 Å². The van der Waals surface area contributed by atoms with E-state index in [0.29, 0.717) is 19.6 Å². The van der Waals surface area contributed by atoms with Crippen LogP contribution in [-0.2, 0) is 14.3 Å². The highest BCUT2D eigenvalue weighted by Crippen LogP contribution is 2.31. The summed E-state index contributed by atoms with van der Waals surface area (Å²) in [5, 5.41) is 9.24. The van der Waals surface area contributed by atoms with Crippen LogP contribution in [0.3, 0.4) is 0 Å². The molecule has 1 amide bonds. The number of ether oxygens (including phenoxy) is 1. The van der Waals surface area contributed by atoms with Gasteiger partial charge < -0.3 is 14.7 Å². The topological polar surface area (TPSA) is 66.8 Å². The SMILES string of the molecule is CCC1OCCC1C(=O)N1CCC(C)C1C(=O)O. The molecule has 4 unspecified atom stereocenters. The molecule has 2 aliphatic heterocycles. The summed E-state index contributed by atoms with van der Waals surface area (Å²) in [6.07, 6.45) is 2.25. The van der Waals surface area contributed by atoms with E-state index in [1.54, 1.807) is 4.90 Å². The molecular formula is C13H21NO4. The molecule has 5 heteroatoms. The normalized spacial score (nSPS) is 36.0. The van der Waals surface area contributed by atoms with Crippen molar-refractivity contribution in [1.82, 2.24) is 4.90 Å². The van der Waals surface area contributed by atoms with E-state index >= 15 is 0 Å². The van der Waals surface area contributed by atoms with E-state index in [0.717, 1.165) is 12.8 Å². The largest absolute Gasteiger partial charge is 0.480 e. The first-order valence-corrected chi connectivity index (χ1v) is 6.71. The van der Waals surface area contributed by atoms with Crippen LogP contribution in [0.25, 0.3) is 0 Å². The molecule has 102 valence electrons. The Bertz CT molecular complexity index is 344. The number of hydrogen-bond acceptors (Lipinski definition) is 3. The van der Waals surface area contributed by atoms with Crippen LogP contribution >= 0.6 is 0 Å². The molecule has 0 bridgehead atoms. The van der Waals surface area contributed by atoms with E-state index < -0.39 is 12.0 Å². The predicted molar refractivity (Wildman–Crippen MR) is 65.1 cm³/mol. The number of rotatable bonds is 3. The van der Waals surface area contributed by atoms with E-state index in [1.165, 1.54) is 0 Å². The summed E-state index contributed by atoms with van der Waals surface area (Å²) in [7, 11) is 0. The van der Waals surface area contributed by atoms with E-state index in [-0.39, 0.29) is 23.8 Å². The van der Waals surface area contributed by atoms with Gasteiger partial charge in [0.05, 0.1) is 12.0 Å². The lowest BCUT2D eigenvalue weighted by atomic mass is 9.96. The first-order chi connectivity index (χ1) is 8.56. The van der Waals surface area contributed by atoms with Crippen LogP contribution in [0.4, 0.5) is 0 Å². The van der Waals surface area contributed by atoms with Gasteiger partial charge in [-0.25, -0.2) is 4.79 Å². The Kier molecular flexibility index (Phi) is 3.90. The van der Waals surface area contributed by atoms with Crippen LogP contribution in [0.1, 0.15) is 33.1 Å². The second kappa shape index (κ2) is 5.26. The van der Waals surface area contributed by atoms with Crippen molar-refractivity contribution in [2.24, 2.45) is 11.8 Å². The monoisotopic (exact) mass is 255 g/mol. The Hall–Kier alpha value is -1.10. The van der Waals surface area contributed by atoms with Crippen LogP contribution in [0.15, 0.2) is 0 Å². The number of aliphatic carboxylic acids is 1. The van der Waals surface area contributed by atoms with Crippen LogP contribution in [0, 0.1) is 11.8 Å². The molecule has 0 radical (unpaired) electrons. The summed E-state index contributed by atoms with van der Waals surface area (Å²) >= 11 is 0. The highest BCUT2D eigenvalue weighted by Gasteiger charge is 2.44. The van der Waals surface area contributed by atoms with Crippen molar-refractivity contribution in [3.8, 4) is 0 Å². The fourth-order valence-corrected chi connectivity index (χ4v) is 3.12. The molecule has 2 rings (SSSR count). The van der Waals surface area contributed by atoms with Crippen molar-refractivity contribution >= 4 is 11.9 Å². The fourth-order valence-electron chi connectivity index (χ4n) is 3.12. The summed E-state index contributed by atoms with van der Waals surface area (Å²) in [5.41, 5.74) is 0. The third kappa shape index (κ3) is 2.23. The van der Waals surface area contributed by atoms with Crippen molar-refractivity contribution in [1.29, 1.82) is 0 Å². The van der Waals surface area contributed by atoms with Crippen molar-refractivity contribution < 1.29 is 19.4 Å². The number of nitrogens with zero attached hydrogens (tertiary/aromatic N) is 1. The van der Waals surface area contributed by atoms with Gasteiger partial charge in [0.2, 0.25) is 5.91 Å². The van der Waals surface area contributed by atoms with Gasteiger partial charge in [-0.3, -0.25) is 4.79 Å². The molecule has 1 N–H and O–H groups in total. The summed E-state index contributed by atoms with van der Waals surface area (Å²) in [6.45, 7) is 5.06. The highest BCUT2D eigenvalue weighted by atomic mass is 16.5. The van der Waals surface area contributed by atoms with Gasteiger partial charge in [0, 0.05) is 13.2 Å². The number of carboxylic acids is 1. The predicted octanol–water partition coefficient (Wildman–Crippen LogP) is 1.12. The van der Waals surface area contributed by atoms with Crippen molar-refractivity contribution in [2.45, 2.75) is 45.3 Å². The molecule has 2 fully saturated rings. The maximum absolute atomic E-state index is 12.5. The fraction of sp³-hybridized carbons (Fsp3) is 0.846. The van der Waals surface area contributed by atoms with Crippen LogP contribution in [-0.4, -0.2) is 47.2 Å². The Morgan fingerprint density at radius 2 is 2.11 bits per heavy atom. The standard InChI is InChI=1S/C13H21NO4/c1-3-10-9(5-7-18-10)12(15)14-6-4-8(2)11(14)13(16)17/h8-11H,3-7H2,1-2H3,(H,16,17). The molecular weight excluding hydrogens is 234 g/mol. The zero-order valence-corrected chi connectivity index (χ0v) is 11.0. The summed E-state index contributed by atoms with van der Waals surface area (Å²) in [5.74, 6) is -1.03. The average molecular weight is 255 g/mol. The lowest BCUT2D eigenvalue weighted by Gasteiger charge is -2.27. The van der Waals surface area contributed by atoms with Gasteiger partial charge in [-0.15, -0.1) is 0 Å². The minimum Gasteiger partial charge on any atom is -0.480 e. The summed E-state index contributed by atoms with van der Waals surface area (Å²) in [4.78, 5) is 25.3. The number of likely N-dealkylation sites (tertiary alicyclic amines) is 1. The van der Waals surface area contributed by atoms with E-state index in [1.807, 2.05) is 13.8 Å². The molecule has 2 saturated heterocycles. The first kappa shape index (κ1) is 13.3. The Balaban J connectivity index is 2.11. The summed E-state index contributed by atoms with van der Waals surface area (Å²) < 4.78 is 5.52. The molecule has 0 aromatic heterocycles. The molecule has 18 heavy (non-hydrogen) atoms. The quantitative estimate of drug-likeness (QED) is 0.820. The Morgan fingerprint density at radius 1 is 1.39 bits per heavy atom. The first-order valence-electron chi connectivity index (χ1n) is 6.71. The molecule has 5 nitrogen and oxygen atoms in total. The van der Waals surface area contributed by atoms with Crippen LogP contribution in [0.5, 0.6) is 0 Å². The van der Waals surface area contributed by atoms with Crippen LogP contribution < -0.4 is 0 Å². The number of amides is 1. The maximum atomic E-state index is 12.5. The molecule has 0 aromatic rings. The van der Waals surface area contributed by atoms with Crippen molar-refractivity contribution in [2.75, 3.05) is 13.2 Å². The second-order valence-corrected chi connectivity index (χ2v) is 5.29. The number of carbonyl (C=O) groups excluding carboxylic acids is 1. The minimum atomic E-state index is -0.889. The summed E-state index contributed by atoms with van der Waals surface area (Å²) in [6, 6.07) is -0.657. The number of carbonyl (C=O) groups is 2. The average Bonchev–Trinajstić information content (AvgIpc) is 2.93.